The van der Waals surface area contributed by atoms with Gasteiger partial charge in [-0.2, -0.15) is 0 Å². The SMILES string of the molecule is O=C(O)c1cccc(OCCOc2ccc3c(c2)oc(=O)c2ccccc23)c1. The van der Waals surface area contributed by atoms with Crippen LogP contribution in [0.2, 0.25) is 0 Å². The number of hydrogen-bond donors (Lipinski definition) is 1. The smallest absolute Gasteiger partial charge is 0.344 e. The highest BCUT2D eigenvalue weighted by molar-refractivity contribution is 6.04. The Balaban J connectivity index is 1.45. The first-order valence-corrected chi connectivity index (χ1v) is 8.66. The zero-order chi connectivity index (χ0) is 19.5. The van der Waals surface area contributed by atoms with E-state index in [0.717, 1.165) is 10.8 Å². The lowest BCUT2D eigenvalue weighted by molar-refractivity contribution is 0.0696. The fraction of sp³-hybridized carbons (Fsp3) is 0.0909. The van der Waals surface area contributed by atoms with E-state index in [0.29, 0.717) is 22.5 Å². The third-order valence-electron chi connectivity index (χ3n) is 4.29. The molecule has 0 bridgehead atoms. The molecular weight excluding hydrogens is 360 g/mol. The van der Waals surface area contributed by atoms with Crippen molar-refractivity contribution < 1.29 is 23.8 Å². The van der Waals surface area contributed by atoms with Gasteiger partial charge in [-0.15, -0.1) is 0 Å². The molecule has 0 spiro atoms. The average Bonchev–Trinajstić information content (AvgIpc) is 2.71. The highest BCUT2D eigenvalue weighted by Crippen LogP contribution is 2.26. The molecule has 0 aliphatic heterocycles. The maximum Gasteiger partial charge on any atom is 0.344 e. The van der Waals surface area contributed by atoms with Crippen LogP contribution in [0.15, 0.2) is 75.9 Å². The minimum Gasteiger partial charge on any atom is -0.490 e. The Kier molecular flexibility index (Phi) is 4.68. The summed E-state index contributed by atoms with van der Waals surface area (Å²) in [6.07, 6.45) is 0. The topological polar surface area (TPSA) is 86.0 Å². The first kappa shape index (κ1) is 17.6. The molecule has 0 radical (unpaired) electrons. The van der Waals surface area contributed by atoms with Gasteiger partial charge in [0.25, 0.3) is 0 Å². The van der Waals surface area contributed by atoms with E-state index in [4.69, 9.17) is 19.0 Å². The van der Waals surface area contributed by atoms with Crippen LogP contribution in [0.25, 0.3) is 21.7 Å². The molecular formula is C22H16O6. The summed E-state index contributed by atoms with van der Waals surface area (Å²) in [6.45, 7) is 0.489. The van der Waals surface area contributed by atoms with E-state index in [-0.39, 0.29) is 24.4 Å². The van der Waals surface area contributed by atoms with Crippen molar-refractivity contribution in [2.24, 2.45) is 0 Å². The van der Waals surface area contributed by atoms with Gasteiger partial charge in [0.2, 0.25) is 0 Å². The molecule has 1 heterocycles. The molecule has 4 aromatic rings. The van der Waals surface area contributed by atoms with Crippen LogP contribution < -0.4 is 15.1 Å². The van der Waals surface area contributed by atoms with E-state index in [1.54, 1.807) is 36.4 Å². The summed E-state index contributed by atoms with van der Waals surface area (Å²) < 4.78 is 16.6. The van der Waals surface area contributed by atoms with E-state index < -0.39 is 5.97 Å². The van der Waals surface area contributed by atoms with Gasteiger partial charge < -0.3 is 19.0 Å². The van der Waals surface area contributed by atoms with Crippen LogP contribution in [0.1, 0.15) is 10.4 Å². The lowest BCUT2D eigenvalue weighted by Gasteiger charge is -2.10. The van der Waals surface area contributed by atoms with Crippen LogP contribution >= 0.6 is 0 Å². The second-order valence-electron chi connectivity index (χ2n) is 6.12. The minimum atomic E-state index is -1.01. The maximum atomic E-state index is 12.1. The zero-order valence-electron chi connectivity index (χ0n) is 14.8. The summed E-state index contributed by atoms with van der Waals surface area (Å²) in [6, 6.07) is 18.9. The molecule has 4 rings (SSSR count). The molecule has 0 saturated heterocycles. The maximum absolute atomic E-state index is 12.1. The molecule has 0 saturated carbocycles. The van der Waals surface area contributed by atoms with Crippen molar-refractivity contribution in [3.8, 4) is 11.5 Å². The highest BCUT2D eigenvalue weighted by atomic mass is 16.5. The van der Waals surface area contributed by atoms with Gasteiger partial charge >= 0.3 is 11.6 Å². The molecule has 0 aliphatic rings. The third-order valence-corrected chi connectivity index (χ3v) is 4.29. The van der Waals surface area contributed by atoms with Gasteiger partial charge in [-0.25, -0.2) is 9.59 Å². The summed E-state index contributed by atoms with van der Waals surface area (Å²) in [4.78, 5) is 23.1. The Morgan fingerprint density at radius 3 is 2.29 bits per heavy atom. The fourth-order valence-electron chi connectivity index (χ4n) is 2.99. The summed E-state index contributed by atoms with van der Waals surface area (Å²) >= 11 is 0. The number of carboxylic acid groups (broad SMARTS) is 1. The molecule has 0 unspecified atom stereocenters. The predicted molar refractivity (Wildman–Crippen MR) is 104 cm³/mol. The van der Waals surface area contributed by atoms with Crippen molar-refractivity contribution in [2.45, 2.75) is 0 Å². The quantitative estimate of drug-likeness (QED) is 0.310. The second-order valence-corrected chi connectivity index (χ2v) is 6.12. The Morgan fingerprint density at radius 2 is 1.54 bits per heavy atom. The number of hydrogen-bond acceptors (Lipinski definition) is 5. The monoisotopic (exact) mass is 376 g/mol. The van der Waals surface area contributed by atoms with Crippen molar-refractivity contribution in [2.75, 3.05) is 13.2 Å². The Hall–Kier alpha value is -3.80. The molecule has 1 aromatic heterocycles. The van der Waals surface area contributed by atoms with Crippen molar-refractivity contribution in [1.82, 2.24) is 0 Å². The Labute approximate surface area is 159 Å². The third kappa shape index (κ3) is 3.53. The minimum absolute atomic E-state index is 0.162. The molecule has 28 heavy (non-hydrogen) atoms. The molecule has 6 nitrogen and oxygen atoms in total. The van der Waals surface area contributed by atoms with Gasteiger partial charge in [-0.05, 0) is 41.8 Å². The highest BCUT2D eigenvalue weighted by Gasteiger charge is 2.08. The molecule has 0 atom stereocenters. The molecule has 3 aromatic carbocycles. The first-order chi connectivity index (χ1) is 13.6. The van der Waals surface area contributed by atoms with E-state index in [1.807, 2.05) is 18.2 Å². The second kappa shape index (κ2) is 7.44. The number of benzene rings is 3. The van der Waals surface area contributed by atoms with Gasteiger partial charge in [0, 0.05) is 11.5 Å². The molecule has 0 amide bonds. The van der Waals surface area contributed by atoms with E-state index in [1.165, 1.54) is 12.1 Å². The zero-order valence-corrected chi connectivity index (χ0v) is 14.8. The lowest BCUT2D eigenvalue weighted by Crippen LogP contribution is -2.09. The van der Waals surface area contributed by atoms with Gasteiger partial charge in [0.1, 0.15) is 30.3 Å². The number of aromatic carboxylic acids is 1. The first-order valence-electron chi connectivity index (χ1n) is 8.66. The number of carboxylic acids is 1. The largest absolute Gasteiger partial charge is 0.490 e. The van der Waals surface area contributed by atoms with Crippen molar-refractivity contribution in [3.05, 3.63) is 82.7 Å². The summed E-state index contributed by atoms with van der Waals surface area (Å²) in [7, 11) is 0. The number of rotatable bonds is 6. The fourth-order valence-corrected chi connectivity index (χ4v) is 2.99. The standard InChI is InChI=1S/C22H16O6/c23-21(24)14-4-3-5-15(12-14)26-10-11-27-16-8-9-18-17-6-1-2-7-19(17)22(25)28-20(18)13-16/h1-9,12-13H,10-11H2,(H,23,24). The normalized spacial score (nSPS) is 10.9. The van der Waals surface area contributed by atoms with Gasteiger partial charge in [-0.3, -0.25) is 0 Å². The van der Waals surface area contributed by atoms with Gasteiger partial charge in [0.15, 0.2) is 0 Å². The van der Waals surface area contributed by atoms with Crippen LogP contribution in [-0.4, -0.2) is 24.3 Å². The molecule has 0 fully saturated rings. The molecule has 0 aliphatic carbocycles. The molecule has 1 N–H and O–H groups in total. The Morgan fingerprint density at radius 1 is 0.821 bits per heavy atom. The summed E-state index contributed by atoms with van der Waals surface area (Å²) in [5.41, 5.74) is 0.230. The van der Waals surface area contributed by atoms with E-state index in [9.17, 15) is 9.59 Å². The Bertz CT molecular complexity index is 1220. The van der Waals surface area contributed by atoms with E-state index in [2.05, 4.69) is 0 Å². The molecule has 140 valence electrons. The van der Waals surface area contributed by atoms with Crippen molar-refractivity contribution in [3.63, 3.8) is 0 Å². The van der Waals surface area contributed by atoms with E-state index >= 15 is 0 Å². The number of carbonyl (C=O) groups is 1. The number of fused-ring (bicyclic) bond motifs is 3. The van der Waals surface area contributed by atoms with Crippen LogP contribution in [0.4, 0.5) is 0 Å². The summed E-state index contributed by atoms with van der Waals surface area (Å²) in [5.74, 6) is 0.000163. The van der Waals surface area contributed by atoms with Crippen molar-refractivity contribution in [1.29, 1.82) is 0 Å². The van der Waals surface area contributed by atoms with Gasteiger partial charge in [0.05, 0.1) is 10.9 Å². The summed E-state index contributed by atoms with van der Waals surface area (Å²) in [5, 5.41) is 11.2. The number of ether oxygens (including phenoxy) is 2. The van der Waals surface area contributed by atoms with Crippen LogP contribution in [0.5, 0.6) is 11.5 Å². The van der Waals surface area contributed by atoms with Crippen LogP contribution in [0.3, 0.4) is 0 Å². The average molecular weight is 376 g/mol. The predicted octanol–water partition coefficient (Wildman–Crippen LogP) is 4.10. The van der Waals surface area contributed by atoms with Crippen molar-refractivity contribution >= 4 is 27.7 Å². The van der Waals surface area contributed by atoms with Gasteiger partial charge in [-0.1, -0.05) is 24.3 Å². The lowest BCUT2D eigenvalue weighted by atomic mass is 10.1. The van der Waals surface area contributed by atoms with Crippen LogP contribution in [-0.2, 0) is 0 Å². The van der Waals surface area contributed by atoms with Crippen LogP contribution in [0, 0.1) is 0 Å². The molecule has 6 heteroatoms.